The van der Waals surface area contributed by atoms with Crippen LogP contribution >= 0.6 is 0 Å². The van der Waals surface area contributed by atoms with Crippen molar-refractivity contribution < 1.29 is 76.6 Å². The molecular weight excluding hydrogens is 959 g/mol. The van der Waals surface area contributed by atoms with E-state index in [2.05, 4.69) is 49.3 Å². The summed E-state index contributed by atoms with van der Waals surface area (Å²) in [5.74, 6) is 0.567. The van der Waals surface area contributed by atoms with Crippen molar-refractivity contribution >= 4 is 0 Å². The van der Waals surface area contributed by atoms with Crippen LogP contribution in [0.2, 0.25) is 0 Å². The topological polar surface area (TPSA) is 320 Å². The molecule has 0 aliphatic carbocycles. The van der Waals surface area contributed by atoms with Gasteiger partial charge in [0.25, 0.3) is 0 Å². The van der Waals surface area contributed by atoms with Gasteiger partial charge >= 0.3 is 0 Å². The van der Waals surface area contributed by atoms with Crippen LogP contribution in [0.3, 0.4) is 0 Å². The van der Waals surface area contributed by atoms with Crippen molar-refractivity contribution in [3.63, 3.8) is 0 Å². The Morgan fingerprint density at radius 1 is 0.486 bits per heavy atom. The quantitative estimate of drug-likeness (QED) is 0.0439. The predicted molar refractivity (Wildman–Crippen MR) is 298 cm³/mol. The van der Waals surface area contributed by atoms with Crippen molar-refractivity contribution in [2.75, 3.05) is 164 Å². The second kappa shape index (κ2) is 56.2. The van der Waals surface area contributed by atoms with E-state index in [0.717, 1.165) is 57.5 Å². The molecule has 74 heavy (non-hydrogen) atoms. The van der Waals surface area contributed by atoms with Crippen molar-refractivity contribution in [3.8, 4) is 0 Å². The molecule has 15 N–H and O–H groups in total. The minimum Gasteiger partial charge on any atom is -0.396 e. The SMILES string of the molecule is CC(C)CN(CC(C)O)CC(C)O.CCC(CO)(CO)CO.CCC(O)CO.CCCN(CCO)C(CO)(CO)CO.CCCN(CCO)CCO.CCCN1CCN(CCO)CC1.CCc1ccc(CO)cc1. The fourth-order valence-electron chi connectivity index (χ4n) is 7.04. The molecule has 0 radical (unpaired) electrons. The Kier molecular flexibility index (Phi) is 61.7. The van der Waals surface area contributed by atoms with Gasteiger partial charge in [-0.1, -0.05) is 79.7 Å². The molecule has 1 heterocycles. The summed E-state index contributed by atoms with van der Waals surface area (Å²) in [6, 6.07) is 8.01. The Morgan fingerprint density at radius 3 is 1.18 bits per heavy atom. The highest BCUT2D eigenvalue weighted by atomic mass is 16.3. The lowest BCUT2D eigenvalue weighted by Gasteiger charge is -2.39. The third-order valence-corrected chi connectivity index (χ3v) is 11.9. The van der Waals surface area contributed by atoms with Crippen LogP contribution in [0, 0.1) is 11.3 Å². The maximum Gasteiger partial charge on any atom is 0.0907 e. The second-order valence-corrected chi connectivity index (χ2v) is 19.3. The third-order valence-electron chi connectivity index (χ3n) is 11.9. The molecule has 2 rings (SSSR count). The fraction of sp³-hybridized carbons (Fsp3) is 0.889. The van der Waals surface area contributed by atoms with Crippen LogP contribution < -0.4 is 0 Å². The molecule has 3 unspecified atom stereocenters. The lowest BCUT2D eigenvalue weighted by Crippen LogP contribution is -2.58. The van der Waals surface area contributed by atoms with E-state index in [0.29, 0.717) is 64.6 Å². The molecule has 20 nitrogen and oxygen atoms in total. The number of nitrogens with zero attached hydrogens (tertiary/aromatic N) is 5. The Bertz CT molecular complexity index is 1120. The van der Waals surface area contributed by atoms with Gasteiger partial charge in [-0.15, -0.1) is 0 Å². The highest BCUT2D eigenvalue weighted by molar-refractivity contribution is 5.21. The average molecular weight is 1080 g/mol. The zero-order valence-electron chi connectivity index (χ0n) is 48.2. The molecule has 1 aromatic carbocycles. The first kappa shape index (κ1) is 81.3. The fourth-order valence-corrected chi connectivity index (χ4v) is 7.04. The number of aryl methyl sites for hydroxylation is 1. The summed E-state index contributed by atoms with van der Waals surface area (Å²) >= 11 is 0. The number of hydrogen-bond donors (Lipinski definition) is 15. The van der Waals surface area contributed by atoms with Gasteiger partial charge in [-0.2, -0.15) is 0 Å². The first-order valence-corrected chi connectivity index (χ1v) is 27.3. The Balaban J connectivity index is -0.000000253. The smallest absolute Gasteiger partial charge is 0.0907 e. The van der Waals surface area contributed by atoms with Crippen LogP contribution in [0.4, 0.5) is 0 Å². The number of aliphatic hydroxyl groups excluding tert-OH is 15. The monoisotopic (exact) mass is 1080 g/mol. The summed E-state index contributed by atoms with van der Waals surface area (Å²) < 4.78 is 0. The van der Waals surface area contributed by atoms with E-state index in [1.54, 1.807) is 18.7 Å². The Hall–Kier alpha value is -1.58. The van der Waals surface area contributed by atoms with Crippen molar-refractivity contribution in [3.05, 3.63) is 35.4 Å². The molecule has 1 aliphatic heterocycles. The molecule has 20 heteroatoms. The van der Waals surface area contributed by atoms with Gasteiger partial charge in [-0.3, -0.25) is 19.6 Å². The van der Waals surface area contributed by atoms with E-state index in [9.17, 15) is 10.2 Å². The minimum atomic E-state index is -1.02. The summed E-state index contributed by atoms with van der Waals surface area (Å²) in [5.41, 5.74) is 0.619. The zero-order valence-corrected chi connectivity index (χ0v) is 48.2. The molecule has 0 bridgehead atoms. The van der Waals surface area contributed by atoms with E-state index < -0.39 is 17.1 Å². The number of aliphatic hydroxyl groups is 15. The first-order chi connectivity index (χ1) is 35.2. The number of β-amino-alcohol motifs (C(OH)–C–C–N with tert-alkyl or cyclic N) is 2. The van der Waals surface area contributed by atoms with Gasteiger partial charge in [0.05, 0.1) is 103 Å². The van der Waals surface area contributed by atoms with Crippen LogP contribution in [-0.2, 0) is 13.0 Å². The molecule has 0 aromatic heterocycles. The molecule has 1 fully saturated rings. The van der Waals surface area contributed by atoms with Gasteiger partial charge in [-0.25, -0.2) is 0 Å². The van der Waals surface area contributed by atoms with E-state index >= 15 is 0 Å². The largest absolute Gasteiger partial charge is 0.396 e. The van der Waals surface area contributed by atoms with Gasteiger partial charge in [0, 0.05) is 77.4 Å². The Morgan fingerprint density at radius 2 is 0.919 bits per heavy atom. The summed E-state index contributed by atoms with van der Waals surface area (Å²) in [4.78, 5) is 10.7. The maximum absolute atomic E-state index is 9.23. The molecular formula is C54H117N5O15. The van der Waals surface area contributed by atoms with Gasteiger partial charge < -0.3 is 81.5 Å². The summed E-state index contributed by atoms with van der Waals surface area (Å²) in [6.07, 6.45) is 4.29. The van der Waals surface area contributed by atoms with E-state index in [1.165, 1.54) is 31.6 Å². The lowest BCUT2D eigenvalue weighted by molar-refractivity contribution is -0.0528. The Labute approximate surface area is 449 Å². The van der Waals surface area contributed by atoms with Gasteiger partial charge in [-0.05, 0) is 89.1 Å². The van der Waals surface area contributed by atoms with Crippen LogP contribution in [-0.4, -0.2) is 289 Å². The van der Waals surface area contributed by atoms with E-state index in [4.69, 9.17) is 66.4 Å². The van der Waals surface area contributed by atoms with Crippen molar-refractivity contribution in [2.24, 2.45) is 11.3 Å². The van der Waals surface area contributed by atoms with Gasteiger partial charge in [0.15, 0.2) is 0 Å². The number of benzene rings is 1. The number of rotatable bonds is 32. The van der Waals surface area contributed by atoms with Crippen molar-refractivity contribution in [2.45, 2.75) is 138 Å². The predicted octanol–water partition coefficient (Wildman–Crippen LogP) is -0.348. The minimum absolute atomic E-state index is 0.0538. The standard InChI is InChI=1S/C10H23NO2.C9H20N2O.C9H21NO4.C9H12O.C7H17NO2.C6H14O3.C4H10O2/c1-8(2)5-11(6-9(3)12)7-10(4)13;1-2-3-10-4-6-11(7-5-10)8-9-12;1-2-3-10(4-5-11)9(6-12,7-13)8-14;1-2-8-3-5-9(7-10)6-4-8;1-2-3-8(4-6-9)5-7-10;1-2-6(3-7,4-8)5-9;1-2-4(6)3-5/h8-10,12-13H,5-7H2,1-4H3;12H,2-9H2,1H3;11-14H,2-8H2,1H3;3-6,10H,2,7H2,1H3;9-10H,2-7H2,1H3;7-9H,2-5H2,1H3;4-6H,2-3H2,1H3. The molecule has 1 aliphatic rings. The molecule has 448 valence electrons. The number of hydrogen-bond acceptors (Lipinski definition) is 20. The average Bonchev–Trinajstić information content (AvgIpc) is 3.39. The molecule has 1 saturated heterocycles. The van der Waals surface area contributed by atoms with Crippen LogP contribution in [0.5, 0.6) is 0 Å². The zero-order chi connectivity index (χ0) is 57.8. The van der Waals surface area contributed by atoms with Crippen molar-refractivity contribution in [1.82, 2.24) is 24.5 Å². The summed E-state index contributed by atoms with van der Waals surface area (Å²) in [7, 11) is 0. The first-order valence-electron chi connectivity index (χ1n) is 27.3. The third kappa shape index (κ3) is 45.4. The number of piperazine rings is 1. The maximum atomic E-state index is 9.23. The van der Waals surface area contributed by atoms with Crippen LogP contribution in [0.15, 0.2) is 24.3 Å². The second-order valence-electron chi connectivity index (χ2n) is 19.3. The molecule has 0 spiro atoms. The lowest BCUT2D eigenvalue weighted by atomic mass is 9.88. The van der Waals surface area contributed by atoms with Crippen LogP contribution in [0.25, 0.3) is 0 Å². The molecule has 0 amide bonds. The van der Waals surface area contributed by atoms with Crippen molar-refractivity contribution in [1.29, 1.82) is 0 Å². The van der Waals surface area contributed by atoms with Gasteiger partial charge in [0.2, 0.25) is 0 Å². The van der Waals surface area contributed by atoms with E-state index in [-0.39, 0.29) is 84.9 Å². The summed E-state index contributed by atoms with van der Waals surface area (Å²) in [6.45, 7) is 31.2. The van der Waals surface area contributed by atoms with Crippen LogP contribution in [0.1, 0.15) is 112 Å². The highest BCUT2D eigenvalue weighted by Crippen LogP contribution is 2.18. The molecule has 1 aromatic rings. The molecule has 3 atom stereocenters. The summed E-state index contributed by atoms with van der Waals surface area (Å²) in [5, 5.41) is 132. The van der Waals surface area contributed by atoms with Gasteiger partial charge in [0.1, 0.15) is 0 Å². The van der Waals surface area contributed by atoms with E-state index in [1.807, 2.05) is 49.9 Å². The normalized spacial score (nSPS) is 14.2. The molecule has 0 saturated carbocycles. The highest BCUT2D eigenvalue weighted by Gasteiger charge is 2.34.